The molecule has 3 rings (SSSR count). The van der Waals surface area contributed by atoms with Gasteiger partial charge in [-0.1, -0.05) is 41.4 Å². The quantitative estimate of drug-likeness (QED) is 0.691. The molecular formula is C18H13ClN4OS. The van der Waals surface area contributed by atoms with Gasteiger partial charge >= 0.3 is 0 Å². The summed E-state index contributed by atoms with van der Waals surface area (Å²) in [6.07, 6.45) is 1.52. The molecule has 0 spiro atoms. The average Bonchev–Trinajstić information content (AvgIpc) is 3.08. The molecular weight excluding hydrogens is 356 g/mol. The van der Waals surface area contributed by atoms with Crippen LogP contribution in [0.15, 0.2) is 48.0 Å². The van der Waals surface area contributed by atoms with Crippen molar-refractivity contribution in [2.75, 3.05) is 5.32 Å². The Morgan fingerprint density at radius 2 is 2.08 bits per heavy atom. The van der Waals surface area contributed by atoms with Crippen molar-refractivity contribution in [1.82, 2.24) is 9.97 Å². The standard InChI is InChI=1S/C18H13ClN4OS/c1-11-4-6-12(7-5-11)15-10-25-18(23-15)13(9-20)17(24)22-14-3-2-8-21-16(14)19/h2-8,10,13H,1H3,(H,22,24). The Hall–Kier alpha value is -2.75. The number of amides is 1. The molecule has 0 aliphatic carbocycles. The summed E-state index contributed by atoms with van der Waals surface area (Å²) < 4.78 is 0. The molecule has 2 aromatic heterocycles. The van der Waals surface area contributed by atoms with E-state index in [9.17, 15) is 10.1 Å². The third-order valence-electron chi connectivity index (χ3n) is 3.52. The number of hydrogen-bond donors (Lipinski definition) is 1. The van der Waals surface area contributed by atoms with E-state index in [-0.39, 0.29) is 5.15 Å². The molecule has 25 heavy (non-hydrogen) atoms. The second-order valence-electron chi connectivity index (χ2n) is 5.33. The van der Waals surface area contributed by atoms with E-state index in [4.69, 9.17) is 11.6 Å². The van der Waals surface area contributed by atoms with Crippen molar-refractivity contribution in [3.8, 4) is 17.3 Å². The first-order chi connectivity index (χ1) is 12.1. The maximum atomic E-state index is 12.4. The molecule has 124 valence electrons. The topological polar surface area (TPSA) is 78.7 Å². The number of carbonyl (C=O) groups is 1. The minimum absolute atomic E-state index is 0.173. The molecule has 0 bridgehead atoms. The number of carbonyl (C=O) groups excluding carboxylic acids is 1. The molecule has 0 aliphatic rings. The normalized spacial score (nSPS) is 11.6. The van der Waals surface area contributed by atoms with Crippen molar-refractivity contribution in [2.45, 2.75) is 12.8 Å². The molecule has 2 heterocycles. The molecule has 1 N–H and O–H groups in total. The van der Waals surface area contributed by atoms with Crippen molar-refractivity contribution >= 4 is 34.5 Å². The van der Waals surface area contributed by atoms with E-state index < -0.39 is 11.8 Å². The van der Waals surface area contributed by atoms with Gasteiger partial charge in [-0.15, -0.1) is 11.3 Å². The van der Waals surface area contributed by atoms with Crippen molar-refractivity contribution in [3.05, 3.63) is 63.7 Å². The number of aromatic nitrogens is 2. The van der Waals surface area contributed by atoms with Crippen LogP contribution in [0.1, 0.15) is 16.5 Å². The van der Waals surface area contributed by atoms with E-state index >= 15 is 0 Å². The first-order valence-corrected chi connectivity index (χ1v) is 8.67. The minimum atomic E-state index is -1.01. The molecule has 1 aromatic carbocycles. The fourth-order valence-electron chi connectivity index (χ4n) is 2.19. The average molecular weight is 369 g/mol. The van der Waals surface area contributed by atoms with Gasteiger partial charge in [0, 0.05) is 17.1 Å². The minimum Gasteiger partial charge on any atom is -0.322 e. The lowest BCUT2D eigenvalue weighted by Crippen LogP contribution is -2.20. The van der Waals surface area contributed by atoms with Crippen LogP contribution in [-0.4, -0.2) is 15.9 Å². The molecule has 1 atom stereocenters. The summed E-state index contributed by atoms with van der Waals surface area (Å²) in [5, 5.41) is 14.5. The smallest absolute Gasteiger partial charge is 0.248 e. The van der Waals surface area contributed by atoms with Gasteiger partial charge in [0.25, 0.3) is 0 Å². The van der Waals surface area contributed by atoms with Crippen LogP contribution in [0.2, 0.25) is 5.15 Å². The van der Waals surface area contributed by atoms with Crippen LogP contribution in [0.25, 0.3) is 11.3 Å². The van der Waals surface area contributed by atoms with Gasteiger partial charge in [0.2, 0.25) is 5.91 Å². The van der Waals surface area contributed by atoms with Crippen LogP contribution >= 0.6 is 22.9 Å². The maximum Gasteiger partial charge on any atom is 0.248 e. The number of hydrogen-bond acceptors (Lipinski definition) is 5. The van der Waals surface area contributed by atoms with Gasteiger partial charge in [-0.2, -0.15) is 5.26 Å². The third-order valence-corrected chi connectivity index (χ3v) is 4.74. The lowest BCUT2D eigenvalue weighted by molar-refractivity contribution is -0.116. The van der Waals surface area contributed by atoms with Crippen molar-refractivity contribution in [1.29, 1.82) is 5.26 Å². The lowest BCUT2D eigenvalue weighted by Gasteiger charge is -2.08. The van der Waals surface area contributed by atoms with Gasteiger partial charge in [0.1, 0.15) is 5.01 Å². The van der Waals surface area contributed by atoms with Crippen molar-refractivity contribution in [3.63, 3.8) is 0 Å². The largest absolute Gasteiger partial charge is 0.322 e. The van der Waals surface area contributed by atoms with Crippen molar-refractivity contribution in [2.24, 2.45) is 0 Å². The highest BCUT2D eigenvalue weighted by molar-refractivity contribution is 7.10. The number of nitrogens with zero attached hydrogens (tertiary/aromatic N) is 3. The number of rotatable bonds is 4. The molecule has 0 saturated heterocycles. The number of anilines is 1. The molecule has 1 amide bonds. The molecule has 5 nitrogen and oxygen atoms in total. The van der Waals surface area contributed by atoms with Gasteiger partial charge in [0.15, 0.2) is 11.1 Å². The van der Waals surface area contributed by atoms with Crippen LogP contribution in [0, 0.1) is 18.3 Å². The summed E-state index contributed by atoms with van der Waals surface area (Å²) in [6.45, 7) is 2.01. The fourth-order valence-corrected chi connectivity index (χ4v) is 3.22. The molecule has 0 fully saturated rings. The first kappa shape index (κ1) is 17.1. The summed E-state index contributed by atoms with van der Waals surface area (Å²) in [6, 6.07) is 13.2. The molecule has 3 aromatic rings. The van der Waals surface area contributed by atoms with E-state index in [1.807, 2.05) is 42.6 Å². The van der Waals surface area contributed by atoms with Crippen molar-refractivity contribution < 1.29 is 4.79 Å². The number of nitrogens with one attached hydrogen (secondary N) is 1. The Morgan fingerprint density at radius 1 is 1.32 bits per heavy atom. The summed E-state index contributed by atoms with van der Waals surface area (Å²) >= 11 is 7.22. The number of nitriles is 1. The van der Waals surface area contributed by atoms with Crippen LogP contribution in [0.4, 0.5) is 5.69 Å². The van der Waals surface area contributed by atoms with E-state index in [1.54, 1.807) is 12.1 Å². The zero-order valence-corrected chi connectivity index (χ0v) is 14.8. The van der Waals surface area contributed by atoms with E-state index in [0.717, 1.165) is 16.8 Å². The molecule has 0 aliphatic heterocycles. The van der Waals surface area contributed by atoms with Crippen LogP contribution in [-0.2, 0) is 4.79 Å². The second-order valence-corrected chi connectivity index (χ2v) is 6.58. The van der Waals surface area contributed by atoms with Gasteiger partial charge in [-0.3, -0.25) is 4.79 Å². The first-order valence-electron chi connectivity index (χ1n) is 7.42. The number of aryl methyl sites for hydroxylation is 1. The summed E-state index contributed by atoms with van der Waals surface area (Å²) in [7, 11) is 0. The number of pyridine rings is 1. The lowest BCUT2D eigenvalue weighted by atomic mass is 10.1. The molecule has 0 radical (unpaired) electrons. The highest BCUT2D eigenvalue weighted by Gasteiger charge is 2.24. The van der Waals surface area contributed by atoms with Crippen LogP contribution in [0.5, 0.6) is 0 Å². The predicted molar refractivity (Wildman–Crippen MR) is 98.5 cm³/mol. The summed E-state index contributed by atoms with van der Waals surface area (Å²) in [5.74, 6) is -1.50. The molecule has 7 heteroatoms. The number of benzene rings is 1. The summed E-state index contributed by atoms with van der Waals surface area (Å²) in [4.78, 5) is 20.8. The predicted octanol–water partition coefficient (Wildman–Crippen LogP) is 4.41. The number of thiazole rings is 1. The SMILES string of the molecule is Cc1ccc(-c2csc(C(C#N)C(=O)Nc3cccnc3Cl)n2)cc1. The van der Waals surface area contributed by atoms with Gasteiger partial charge in [0.05, 0.1) is 17.5 Å². The third kappa shape index (κ3) is 3.85. The fraction of sp³-hybridized carbons (Fsp3) is 0.111. The molecule has 1 unspecified atom stereocenters. The molecule has 0 saturated carbocycles. The van der Waals surface area contributed by atoms with Crippen LogP contribution < -0.4 is 5.32 Å². The van der Waals surface area contributed by atoms with E-state index in [1.165, 1.54) is 17.5 Å². The number of halogens is 1. The Kier molecular flexibility index (Phi) is 5.08. The second kappa shape index (κ2) is 7.43. The zero-order chi connectivity index (χ0) is 17.8. The van der Waals surface area contributed by atoms with Gasteiger partial charge < -0.3 is 5.32 Å². The Labute approximate surface area is 153 Å². The maximum absolute atomic E-state index is 12.4. The van der Waals surface area contributed by atoms with E-state index in [2.05, 4.69) is 15.3 Å². The van der Waals surface area contributed by atoms with E-state index in [0.29, 0.717) is 10.7 Å². The monoisotopic (exact) mass is 368 g/mol. The Balaban J connectivity index is 1.82. The Bertz CT molecular complexity index is 946. The van der Waals surface area contributed by atoms with Gasteiger partial charge in [-0.25, -0.2) is 9.97 Å². The Morgan fingerprint density at radius 3 is 2.76 bits per heavy atom. The highest BCUT2D eigenvalue weighted by atomic mass is 35.5. The van der Waals surface area contributed by atoms with Crippen LogP contribution in [0.3, 0.4) is 0 Å². The van der Waals surface area contributed by atoms with Gasteiger partial charge in [-0.05, 0) is 19.1 Å². The summed E-state index contributed by atoms with van der Waals surface area (Å²) in [5.41, 5.74) is 3.21. The highest BCUT2D eigenvalue weighted by Crippen LogP contribution is 2.28. The zero-order valence-electron chi connectivity index (χ0n) is 13.2.